The Bertz CT molecular complexity index is 1530. The molecule has 2 heterocycles. The van der Waals surface area contributed by atoms with E-state index < -0.39 is 0 Å². The van der Waals surface area contributed by atoms with Crippen molar-refractivity contribution in [1.82, 2.24) is 9.97 Å². The third-order valence-corrected chi connectivity index (χ3v) is 7.86. The minimum absolute atomic E-state index is 0.129. The van der Waals surface area contributed by atoms with Gasteiger partial charge in [-0.2, -0.15) is 0 Å². The molecule has 1 aliphatic carbocycles. The zero-order valence-corrected chi connectivity index (χ0v) is 18.5. The van der Waals surface area contributed by atoms with Crippen LogP contribution in [0.1, 0.15) is 46.6 Å². The van der Waals surface area contributed by atoms with Crippen LogP contribution in [0.3, 0.4) is 0 Å². The number of aromatic nitrogens is 2. The molecule has 0 saturated heterocycles. The Kier molecular flexibility index (Phi) is 3.33. The van der Waals surface area contributed by atoms with Gasteiger partial charge in [-0.15, -0.1) is 11.3 Å². The van der Waals surface area contributed by atoms with Crippen LogP contribution in [0.25, 0.3) is 42.3 Å². The van der Waals surface area contributed by atoms with Crippen LogP contribution in [0.15, 0.2) is 60.9 Å². The van der Waals surface area contributed by atoms with Crippen molar-refractivity contribution in [2.45, 2.75) is 44.9 Å². The van der Waals surface area contributed by atoms with Gasteiger partial charge in [0.25, 0.3) is 0 Å². The molecule has 0 spiro atoms. The predicted molar refractivity (Wildman–Crippen MR) is 129 cm³/mol. The second-order valence-corrected chi connectivity index (χ2v) is 10.8. The first-order valence-electron chi connectivity index (χ1n) is 11.0. The van der Waals surface area contributed by atoms with Gasteiger partial charge in [-0.05, 0) is 45.2 Å². The molecule has 3 aromatic carbocycles. The summed E-state index contributed by atoms with van der Waals surface area (Å²) < 4.78 is 11.0. The molecule has 5 aromatic rings. The molecular weight excluding hydrogens is 384 g/mol. The fraction of sp³-hybridized carbons (Fsp3) is 0.259. The highest BCUT2D eigenvalue weighted by Crippen LogP contribution is 2.54. The van der Waals surface area contributed by atoms with Gasteiger partial charge in [0.1, 0.15) is 6.33 Å². The number of benzene rings is 3. The number of thiophene rings is 1. The topological polar surface area (TPSA) is 25.8 Å². The molecule has 0 aliphatic heterocycles. The normalized spacial score (nSPS) is 17.5. The van der Waals surface area contributed by atoms with Crippen LogP contribution in [0.4, 0.5) is 0 Å². The molecule has 0 N–H and O–H groups in total. The van der Waals surface area contributed by atoms with Gasteiger partial charge in [0.15, 0.2) is 0 Å². The second kappa shape index (κ2) is 5.89. The van der Waals surface area contributed by atoms with Crippen molar-refractivity contribution < 1.29 is 1.37 Å². The minimum atomic E-state index is 0.129. The standard InChI is InChI=1S/C27H24N2S/c1-26(2)14-27(3,4)21-20(26)12-11-19-23-25(30-24(19)21)22(28-15-29-23)18-10-9-16-7-5-6-8-17(16)13-18/h5-13,15H,14H2,1-4H3/i9D. The Labute approximate surface area is 182 Å². The summed E-state index contributed by atoms with van der Waals surface area (Å²) >= 11 is 1.82. The third kappa shape index (κ3) is 2.42. The molecule has 0 fully saturated rings. The van der Waals surface area contributed by atoms with E-state index in [4.69, 9.17) is 11.3 Å². The first-order chi connectivity index (χ1) is 14.8. The van der Waals surface area contributed by atoms with E-state index >= 15 is 0 Å². The van der Waals surface area contributed by atoms with Crippen molar-refractivity contribution in [3.8, 4) is 11.3 Å². The molecular formula is C27H24N2S. The van der Waals surface area contributed by atoms with E-state index in [-0.39, 0.29) is 10.8 Å². The number of fused-ring (bicyclic) bond motifs is 6. The van der Waals surface area contributed by atoms with Crippen LogP contribution in [0.2, 0.25) is 0 Å². The highest BCUT2D eigenvalue weighted by molar-refractivity contribution is 7.26. The third-order valence-electron chi connectivity index (χ3n) is 6.64. The number of nitrogens with zero attached hydrogens (tertiary/aromatic N) is 2. The Balaban J connectivity index is 1.68. The zero-order chi connectivity index (χ0) is 21.5. The van der Waals surface area contributed by atoms with Gasteiger partial charge in [-0.3, -0.25) is 0 Å². The monoisotopic (exact) mass is 409 g/mol. The fourth-order valence-corrected chi connectivity index (χ4v) is 7.12. The van der Waals surface area contributed by atoms with Crippen LogP contribution < -0.4 is 0 Å². The first-order valence-corrected chi connectivity index (χ1v) is 11.3. The number of hydrogen-bond acceptors (Lipinski definition) is 3. The van der Waals surface area contributed by atoms with Gasteiger partial charge in [-0.1, -0.05) is 76.2 Å². The van der Waals surface area contributed by atoms with Gasteiger partial charge < -0.3 is 0 Å². The maximum absolute atomic E-state index is 8.53. The molecule has 2 aromatic heterocycles. The average molecular weight is 410 g/mol. The zero-order valence-electron chi connectivity index (χ0n) is 18.7. The lowest BCUT2D eigenvalue weighted by Crippen LogP contribution is -2.18. The maximum Gasteiger partial charge on any atom is 0.116 e. The van der Waals surface area contributed by atoms with Gasteiger partial charge in [0, 0.05) is 15.6 Å². The summed E-state index contributed by atoms with van der Waals surface area (Å²) in [6.45, 7) is 9.45. The van der Waals surface area contributed by atoms with Crippen LogP contribution in [-0.2, 0) is 10.8 Å². The van der Waals surface area contributed by atoms with Crippen molar-refractivity contribution in [1.29, 1.82) is 0 Å². The Morgan fingerprint density at radius 3 is 2.53 bits per heavy atom. The summed E-state index contributed by atoms with van der Waals surface area (Å²) in [6.07, 6.45) is 2.82. The number of rotatable bonds is 1. The summed E-state index contributed by atoms with van der Waals surface area (Å²) in [5.41, 5.74) is 6.18. The molecule has 2 nitrogen and oxygen atoms in total. The second-order valence-electron chi connectivity index (χ2n) is 9.79. The van der Waals surface area contributed by atoms with E-state index in [9.17, 15) is 0 Å². The van der Waals surface area contributed by atoms with E-state index in [0.29, 0.717) is 6.04 Å². The fourth-order valence-electron chi connectivity index (χ4n) is 5.63. The molecule has 0 atom stereocenters. The van der Waals surface area contributed by atoms with Gasteiger partial charge in [0.2, 0.25) is 0 Å². The van der Waals surface area contributed by atoms with E-state index in [2.05, 4.69) is 52.0 Å². The highest BCUT2D eigenvalue weighted by Gasteiger charge is 2.43. The quantitative estimate of drug-likeness (QED) is 0.284. The molecule has 148 valence electrons. The highest BCUT2D eigenvalue weighted by atomic mass is 32.1. The molecule has 30 heavy (non-hydrogen) atoms. The molecule has 3 heteroatoms. The summed E-state index contributed by atoms with van der Waals surface area (Å²) in [5, 5.41) is 3.26. The Morgan fingerprint density at radius 1 is 0.900 bits per heavy atom. The summed E-state index contributed by atoms with van der Waals surface area (Å²) in [4.78, 5) is 9.40. The Morgan fingerprint density at radius 2 is 1.70 bits per heavy atom. The van der Waals surface area contributed by atoms with Crippen molar-refractivity contribution in [3.05, 3.63) is 72.0 Å². The summed E-state index contributed by atoms with van der Waals surface area (Å²) in [7, 11) is 0. The largest absolute Gasteiger partial charge is 0.235 e. The van der Waals surface area contributed by atoms with Gasteiger partial charge in [0.05, 0.1) is 17.3 Å². The predicted octanol–water partition coefficient (Wildman–Crippen LogP) is 7.62. The maximum atomic E-state index is 8.53. The van der Waals surface area contributed by atoms with Crippen LogP contribution in [0, 0.1) is 0 Å². The molecule has 6 rings (SSSR count). The average Bonchev–Trinajstić information content (AvgIpc) is 3.19. The van der Waals surface area contributed by atoms with E-state index in [0.717, 1.165) is 38.7 Å². The molecule has 0 radical (unpaired) electrons. The lowest BCUT2D eigenvalue weighted by molar-refractivity contribution is 0.404. The minimum Gasteiger partial charge on any atom is -0.235 e. The Hall–Kier alpha value is -2.78. The molecule has 0 saturated carbocycles. The van der Waals surface area contributed by atoms with E-state index in [1.165, 1.54) is 21.2 Å². The SMILES string of the molecule is [2H]c1cc(-c2ncnc3c2sc2c4c(ccc23)C(C)(C)CC4(C)C)cc2ccccc12. The molecule has 0 unspecified atom stereocenters. The summed E-state index contributed by atoms with van der Waals surface area (Å²) in [6, 6.07) is 17.3. The van der Waals surface area contributed by atoms with E-state index in [1.54, 1.807) is 6.33 Å². The van der Waals surface area contributed by atoms with Crippen LogP contribution in [0.5, 0.6) is 0 Å². The lowest BCUT2D eigenvalue weighted by Gasteiger charge is -2.22. The molecule has 0 bridgehead atoms. The summed E-state index contributed by atoms with van der Waals surface area (Å²) in [5.74, 6) is 0. The lowest BCUT2D eigenvalue weighted by atomic mass is 9.82. The molecule has 0 amide bonds. The van der Waals surface area contributed by atoms with Crippen LogP contribution in [-0.4, -0.2) is 9.97 Å². The van der Waals surface area contributed by atoms with Crippen molar-refractivity contribution >= 4 is 42.4 Å². The number of hydrogen-bond donors (Lipinski definition) is 0. The van der Waals surface area contributed by atoms with Crippen molar-refractivity contribution in [3.63, 3.8) is 0 Å². The molecule has 1 aliphatic rings. The first kappa shape index (κ1) is 17.0. The van der Waals surface area contributed by atoms with Gasteiger partial charge >= 0.3 is 0 Å². The van der Waals surface area contributed by atoms with Crippen molar-refractivity contribution in [2.24, 2.45) is 0 Å². The van der Waals surface area contributed by atoms with Crippen molar-refractivity contribution in [2.75, 3.05) is 0 Å². The smallest absolute Gasteiger partial charge is 0.116 e. The van der Waals surface area contributed by atoms with Crippen LogP contribution >= 0.6 is 11.3 Å². The van der Waals surface area contributed by atoms with E-state index in [1.807, 2.05) is 35.6 Å². The van der Waals surface area contributed by atoms with Gasteiger partial charge in [-0.25, -0.2) is 9.97 Å².